The van der Waals surface area contributed by atoms with Crippen molar-refractivity contribution in [2.24, 2.45) is 0 Å². The zero-order chi connectivity index (χ0) is 10.4. The van der Waals surface area contributed by atoms with E-state index in [4.69, 9.17) is 0 Å². The van der Waals surface area contributed by atoms with Gasteiger partial charge in [0.2, 0.25) is 0 Å². The summed E-state index contributed by atoms with van der Waals surface area (Å²) in [5.41, 5.74) is 3.92. The van der Waals surface area contributed by atoms with E-state index in [9.17, 15) is 5.11 Å². The Morgan fingerprint density at radius 2 is 1.80 bits per heavy atom. The lowest BCUT2D eigenvalue weighted by molar-refractivity contribution is 0.201. The Labute approximate surface area is 89.4 Å². The van der Waals surface area contributed by atoms with Crippen molar-refractivity contribution >= 4 is 10.8 Å². The molecule has 0 saturated carbocycles. The molecular weight excluding hydrogens is 184 g/mol. The van der Waals surface area contributed by atoms with Gasteiger partial charge in [-0.15, -0.1) is 0 Å². The van der Waals surface area contributed by atoms with Gasteiger partial charge in [0.05, 0.1) is 6.10 Å². The third kappa shape index (κ3) is 1.20. The molecule has 0 bridgehead atoms. The molecule has 0 saturated heterocycles. The highest BCUT2D eigenvalue weighted by atomic mass is 16.3. The van der Waals surface area contributed by atoms with Gasteiger partial charge in [0.1, 0.15) is 0 Å². The minimum absolute atomic E-state index is 0.380. The van der Waals surface area contributed by atoms with E-state index < -0.39 is 0 Å². The van der Waals surface area contributed by atoms with Crippen LogP contribution in [0.5, 0.6) is 0 Å². The van der Waals surface area contributed by atoms with Gasteiger partial charge in [0.15, 0.2) is 0 Å². The number of aliphatic hydroxyl groups excluding tert-OH is 1. The fraction of sp³-hybridized carbons (Fsp3) is 0.286. The summed E-state index contributed by atoms with van der Waals surface area (Å²) in [7, 11) is 0. The third-order valence-electron chi connectivity index (χ3n) is 3.36. The maximum Gasteiger partial charge on any atom is 0.0767 e. The number of benzene rings is 2. The molecule has 1 atom stereocenters. The van der Waals surface area contributed by atoms with E-state index in [2.05, 4.69) is 30.3 Å². The molecule has 1 aliphatic carbocycles. The number of aliphatic hydroxyl groups is 1. The summed E-state index contributed by atoms with van der Waals surface area (Å²) in [6.45, 7) is 1.83. The summed E-state index contributed by atoms with van der Waals surface area (Å²) in [6.07, 6.45) is 1.92. The second-order valence-electron chi connectivity index (χ2n) is 4.33. The zero-order valence-corrected chi connectivity index (χ0v) is 8.83. The zero-order valence-electron chi connectivity index (χ0n) is 8.83. The second-order valence-corrected chi connectivity index (χ2v) is 4.33. The topological polar surface area (TPSA) is 20.2 Å². The van der Waals surface area contributed by atoms with Crippen LogP contribution in [0.4, 0.5) is 0 Å². The highest BCUT2D eigenvalue weighted by Gasteiger charge is 2.16. The lowest BCUT2D eigenvalue weighted by atomic mass is 9.97. The fourth-order valence-corrected chi connectivity index (χ4v) is 2.63. The summed E-state index contributed by atoms with van der Waals surface area (Å²) < 4.78 is 0. The molecule has 0 heterocycles. The average molecular weight is 198 g/mol. The molecule has 3 rings (SSSR count). The van der Waals surface area contributed by atoms with Crippen molar-refractivity contribution < 1.29 is 5.11 Å². The van der Waals surface area contributed by atoms with Gasteiger partial charge in [-0.05, 0) is 47.2 Å². The summed E-state index contributed by atoms with van der Waals surface area (Å²) in [5, 5.41) is 12.3. The van der Waals surface area contributed by atoms with E-state index in [0.717, 1.165) is 18.4 Å². The number of hydrogen-bond donors (Lipinski definition) is 1. The summed E-state index contributed by atoms with van der Waals surface area (Å²) in [4.78, 5) is 0. The number of hydrogen-bond acceptors (Lipinski definition) is 1. The first kappa shape index (κ1) is 8.93. The Hall–Kier alpha value is -1.34. The highest BCUT2D eigenvalue weighted by Crippen LogP contribution is 2.34. The minimum atomic E-state index is -0.380. The van der Waals surface area contributed by atoms with Gasteiger partial charge in [-0.25, -0.2) is 0 Å². The molecule has 15 heavy (non-hydrogen) atoms. The molecule has 1 N–H and O–H groups in total. The second kappa shape index (κ2) is 3.07. The van der Waals surface area contributed by atoms with Crippen molar-refractivity contribution in [3.05, 3.63) is 47.0 Å². The molecule has 0 amide bonds. The van der Waals surface area contributed by atoms with Crippen LogP contribution in [-0.2, 0) is 12.8 Å². The molecule has 0 aromatic heterocycles. The number of aryl methyl sites for hydroxylation is 2. The molecule has 1 aliphatic rings. The van der Waals surface area contributed by atoms with Crippen LogP contribution < -0.4 is 0 Å². The predicted molar refractivity (Wildman–Crippen MR) is 62.0 cm³/mol. The first-order valence-corrected chi connectivity index (χ1v) is 5.49. The summed E-state index contributed by atoms with van der Waals surface area (Å²) in [6, 6.07) is 10.7. The van der Waals surface area contributed by atoms with Gasteiger partial charge in [-0.2, -0.15) is 0 Å². The molecule has 2 aromatic rings. The van der Waals surface area contributed by atoms with Gasteiger partial charge in [0.25, 0.3) is 0 Å². The largest absolute Gasteiger partial charge is 0.389 e. The van der Waals surface area contributed by atoms with Crippen LogP contribution in [0.3, 0.4) is 0 Å². The Morgan fingerprint density at radius 3 is 2.53 bits per heavy atom. The third-order valence-corrected chi connectivity index (χ3v) is 3.36. The maximum absolute atomic E-state index is 9.72. The fourth-order valence-electron chi connectivity index (χ4n) is 2.63. The molecule has 1 unspecified atom stereocenters. The summed E-state index contributed by atoms with van der Waals surface area (Å²) in [5.74, 6) is 0. The Morgan fingerprint density at radius 1 is 1.07 bits per heavy atom. The van der Waals surface area contributed by atoms with Gasteiger partial charge in [0, 0.05) is 0 Å². The van der Waals surface area contributed by atoms with Crippen LogP contribution in [0.25, 0.3) is 10.8 Å². The van der Waals surface area contributed by atoms with E-state index >= 15 is 0 Å². The van der Waals surface area contributed by atoms with E-state index in [-0.39, 0.29) is 6.10 Å². The first-order chi connectivity index (χ1) is 7.27. The van der Waals surface area contributed by atoms with E-state index in [1.165, 1.54) is 21.9 Å². The SMILES string of the molecule is CC(O)c1ccc2c3c(cccc13)CC2. The monoisotopic (exact) mass is 198 g/mol. The van der Waals surface area contributed by atoms with Crippen LogP contribution in [0.15, 0.2) is 30.3 Å². The number of rotatable bonds is 1. The smallest absolute Gasteiger partial charge is 0.0767 e. The molecule has 2 aromatic carbocycles. The van der Waals surface area contributed by atoms with E-state index in [1.807, 2.05) is 6.92 Å². The van der Waals surface area contributed by atoms with Crippen molar-refractivity contribution in [3.8, 4) is 0 Å². The Bertz CT molecular complexity index is 516. The normalized spacial score (nSPS) is 15.9. The van der Waals surface area contributed by atoms with Crippen LogP contribution >= 0.6 is 0 Å². The van der Waals surface area contributed by atoms with Gasteiger partial charge < -0.3 is 5.11 Å². The molecule has 0 spiro atoms. The average Bonchev–Trinajstić information content (AvgIpc) is 2.64. The molecule has 76 valence electrons. The van der Waals surface area contributed by atoms with E-state index in [1.54, 1.807) is 0 Å². The quantitative estimate of drug-likeness (QED) is 0.746. The minimum Gasteiger partial charge on any atom is -0.389 e. The van der Waals surface area contributed by atoms with Crippen molar-refractivity contribution in [3.63, 3.8) is 0 Å². The molecular formula is C14H14O. The summed E-state index contributed by atoms with van der Waals surface area (Å²) >= 11 is 0. The lowest BCUT2D eigenvalue weighted by Crippen LogP contribution is -1.93. The van der Waals surface area contributed by atoms with Crippen molar-refractivity contribution in [1.29, 1.82) is 0 Å². The standard InChI is InChI=1S/C14H14O/c1-9(15)12-8-7-11-6-5-10-3-2-4-13(12)14(10)11/h2-4,7-9,15H,5-6H2,1H3. The maximum atomic E-state index is 9.72. The molecule has 0 radical (unpaired) electrons. The van der Waals surface area contributed by atoms with Gasteiger partial charge in [-0.1, -0.05) is 30.3 Å². The predicted octanol–water partition coefficient (Wildman–Crippen LogP) is 2.99. The molecule has 1 nitrogen and oxygen atoms in total. The van der Waals surface area contributed by atoms with Crippen LogP contribution in [-0.4, -0.2) is 5.11 Å². The molecule has 1 heteroatoms. The Balaban J connectivity index is 2.43. The Kier molecular flexibility index (Phi) is 1.83. The van der Waals surface area contributed by atoms with Crippen LogP contribution in [0.2, 0.25) is 0 Å². The van der Waals surface area contributed by atoms with Crippen LogP contribution in [0.1, 0.15) is 29.7 Å². The van der Waals surface area contributed by atoms with Crippen molar-refractivity contribution in [2.75, 3.05) is 0 Å². The lowest BCUT2D eigenvalue weighted by Gasteiger charge is -2.10. The van der Waals surface area contributed by atoms with Gasteiger partial charge in [-0.3, -0.25) is 0 Å². The van der Waals surface area contributed by atoms with Crippen LogP contribution in [0, 0.1) is 0 Å². The first-order valence-electron chi connectivity index (χ1n) is 5.49. The molecule has 0 aliphatic heterocycles. The molecule has 0 fully saturated rings. The van der Waals surface area contributed by atoms with Crippen molar-refractivity contribution in [1.82, 2.24) is 0 Å². The highest BCUT2D eigenvalue weighted by molar-refractivity contribution is 5.93. The van der Waals surface area contributed by atoms with Crippen molar-refractivity contribution in [2.45, 2.75) is 25.9 Å². The van der Waals surface area contributed by atoms with Gasteiger partial charge >= 0.3 is 0 Å². The van der Waals surface area contributed by atoms with E-state index in [0.29, 0.717) is 0 Å².